The van der Waals surface area contributed by atoms with Gasteiger partial charge in [-0.25, -0.2) is 5.43 Å². The van der Waals surface area contributed by atoms with E-state index in [-0.39, 0.29) is 5.91 Å². The molecule has 0 atom stereocenters. The van der Waals surface area contributed by atoms with Crippen molar-refractivity contribution in [3.05, 3.63) is 86.6 Å². The van der Waals surface area contributed by atoms with Gasteiger partial charge in [0.05, 0.1) is 17.8 Å². The van der Waals surface area contributed by atoms with E-state index in [4.69, 9.17) is 9.47 Å². The van der Waals surface area contributed by atoms with Gasteiger partial charge in [-0.3, -0.25) is 9.78 Å². The zero-order chi connectivity index (χ0) is 20.6. The van der Waals surface area contributed by atoms with Gasteiger partial charge in [0, 0.05) is 22.4 Å². The highest BCUT2D eigenvalue weighted by molar-refractivity contribution is 9.10. The number of carbonyl (C=O) groups excluding carboxylic acids is 1. The van der Waals surface area contributed by atoms with Crippen LogP contribution in [0.4, 0.5) is 0 Å². The van der Waals surface area contributed by atoms with E-state index in [0.29, 0.717) is 23.7 Å². The van der Waals surface area contributed by atoms with Gasteiger partial charge in [-0.1, -0.05) is 28.1 Å². The summed E-state index contributed by atoms with van der Waals surface area (Å²) in [7, 11) is 1.57. The minimum absolute atomic E-state index is 0.316. The van der Waals surface area contributed by atoms with Crippen molar-refractivity contribution >= 4 is 44.0 Å². The summed E-state index contributed by atoms with van der Waals surface area (Å²) in [6.07, 6.45) is 4.63. The Morgan fingerprint density at radius 1 is 1.14 bits per heavy atom. The van der Waals surface area contributed by atoms with Crippen molar-refractivity contribution in [2.45, 2.75) is 6.61 Å². The molecule has 3 aromatic rings. The van der Waals surface area contributed by atoms with Gasteiger partial charge in [0.25, 0.3) is 5.91 Å². The molecule has 0 saturated carbocycles. The molecule has 0 saturated heterocycles. The number of hydrogen-bond donors (Lipinski definition) is 1. The number of pyridine rings is 1. The number of ether oxygens (including phenoxy) is 2. The van der Waals surface area contributed by atoms with Crippen molar-refractivity contribution in [2.24, 2.45) is 5.10 Å². The van der Waals surface area contributed by atoms with E-state index in [1.807, 2.05) is 30.3 Å². The van der Waals surface area contributed by atoms with E-state index >= 15 is 0 Å². The van der Waals surface area contributed by atoms with Crippen LogP contribution in [0.25, 0.3) is 0 Å². The fourth-order valence-electron chi connectivity index (χ4n) is 2.42. The highest BCUT2D eigenvalue weighted by Gasteiger charge is 2.12. The van der Waals surface area contributed by atoms with Gasteiger partial charge in [-0.15, -0.1) is 0 Å². The molecule has 1 heterocycles. The van der Waals surface area contributed by atoms with Gasteiger partial charge < -0.3 is 9.47 Å². The number of hydrogen-bond acceptors (Lipinski definition) is 5. The first-order chi connectivity index (χ1) is 14.1. The standard InChI is InChI=1S/C21H17Br2N3O3/c1-28-19-11-15(12-25-26-21(27)16-6-8-24-9-7-16)10-18(23)20(19)29-13-14-2-4-17(22)5-3-14/h2-12H,13H2,1H3,(H,26,27)/b25-12+. The number of hydrazone groups is 1. The van der Waals surface area contributed by atoms with Crippen molar-refractivity contribution in [2.75, 3.05) is 7.11 Å². The van der Waals surface area contributed by atoms with Crippen LogP contribution < -0.4 is 14.9 Å². The number of nitrogens with one attached hydrogen (secondary N) is 1. The molecule has 0 fully saturated rings. The van der Waals surface area contributed by atoms with Crippen LogP contribution in [0.2, 0.25) is 0 Å². The number of carbonyl (C=O) groups is 1. The van der Waals surface area contributed by atoms with Gasteiger partial charge in [-0.2, -0.15) is 5.10 Å². The molecule has 6 nitrogen and oxygen atoms in total. The number of aromatic nitrogens is 1. The second-order valence-corrected chi connectivity index (χ2v) is 7.65. The molecule has 0 bridgehead atoms. The molecule has 1 aromatic heterocycles. The van der Waals surface area contributed by atoms with Gasteiger partial charge >= 0.3 is 0 Å². The Labute approximate surface area is 185 Å². The van der Waals surface area contributed by atoms with E-state index in [0.717, 1.165) is 20.1 Å². The van der Waals surface area contributed by atoms with Gasteiger partial charge in [0.15, 0.2) is 11.5 Å². The summed E-state index contributed by atoms with van der Waals surface area (Å²) in [4.78, 5) is 15.9. The predicted octanol–water partition coefficient (Wildman–Crippen LogP) is 4.96. The highest BCUT2D eigenvalue weighted by atomic mass is 79.9. The topological polar surface area (TPSA) is 72.8 Å². The molecular formula is C21H17Br2N3O3. The second kappa shape index (κ2) is 10.2. The SMILES string of the molecule is COc1cc(/C=N/NC(=O)c2ccncc2)cc(Br)c1OCc1ccc(Br)cc1. The quantitative estimate of drug-likeness (QED) is 0.354. The first-order valence-electron chi connectivity index (χ1n) is 8.55. The molecule has 3 rings (SSSR count). The third-order valence-corrected chi connectivity index (χ3v) is 4.99. The maximum absolute atomic E-state index is 12.0. The monoisotopic (exact) mass is 517 g/mol. The van der Waals surface area contributed by atoms with Crippen LogP contribution in [-0.2, 0) is 6.61 Å². The Morgan fingerprint density at radius 2 is 1.86 bits per heavy atom. The number of nitrogens with zero attached hydrogens (tertiary/aromatic N) is 2. The van der Waals surface area contributed by atoms with Crippen molar-refractivity contribution in [3.63, 3.8) is 0 Å². The fourth-order valence-corrected chi connectivity index (χ4v) is 3.26. The summed E-state index contributed by atoms with van der Waals surface area (Å²) in [5.41, 5.74) is 4.73. The van der Waals surface area contributed by atoms with E-state index < -0.39 is 0 Å². The molecule has 0 spiro atoms. The number of amides is 1. The summed E-state index contributed by atoms with van der Waals surface area (Å²) < 4.78 is 13.1. The Kier molecular flexibility index (Phi) is 7.37. The summed E-state index contributed by atoms with van der Waals surface area (Å²) >= 11 is 6.93. The van der Waals surface area contributed by atoms with Gasteiger partial charge in [-0.05, 0) is 63.5 Å². The number of halogens is 2. The van der Waals surface area contributed by atoms with Gasteiger partial charge in [0.2, 0.25) is 0 Å². The summed E-state index contributed by atoms with van der Waals surface area (Å²) in [6, 6.07) is 14.7. The largest absolute Gasteiger partial charge is 0.493 e. The number of methoxy groups -OCH3 is 1. The molecule has 0 aliphatic rings. The Bertz CT molecular complexity index is 1010. The maximum atomic E-state index is 12.0. The summed E-state index contributed by atoms with van der Waals surface area (Å²) in [5.74, 6) is 0.830. The molecule has 1 amide bonds. The molecule has 0 aliphatic carbocycles. The normalized spacial score (nSPS) is 10.7. The summed E-state index contributed by atoms with van der Waals surface area (Å²) in [6.45, 7) is 0.400. The van der Waals surface area contributed by atoms with E-state index in [2.05, 4.69) is 47.4 Å². The van der Waals surface area contributed by atoms with Crippen LogP contribution in [0, 0.1) is 0 Å². The van der Waals surface area contributed by atoms with Crippen LogP contribution >= 0.6 is 31.9 Å². The van der Waals surface area contributed by atoms with Crippen LogP contribution in [-0.4, -0.2) is 24.2 Å². The first-order valence-corrected chi connectivity index (χ1v) is 10.1. The lowest BCUT2D eigenvalue weighted by atomic mass is 10.2. The number of rotatable bonds is 7. The molecule has 0 unspecified atom stereocenters. The van der Waals surface area contributed by atoms with Crippen LogP contribution in [0.15, 0.2) is 75.0 Å². The number of benzene rings is 2. The zero-order valence-electron chi connectivity index (χ0n) is 15.4. The first kappa shape index (κ1) is 21.0. The van der Waals surface area contributed by atoms with E-state index in [9.17, 15) is 4.79 Å². The lowest BCUT2D eigenvalue weighted by molar-refractivity contribution is 0.0955. The minimum Gasteiger partial charge on any atom is -0.493 e. The summed E-state index contributed by atoms with van der Waals surface area (Å²) in [5, 5.41) is 4.00. The molecule has 0 radical (unpaired) electrons. The van der Waals surface area contributed by atoms with Gasteiger partial charge in [0.1, 0.15) is 6.61 Å². The second-order valence-electron chi connectivity index (χ2n) is 5.88. The van der Waals surface area contributed by atoms with Crippen molar-refractivity contribution in [1.29, 1.82) is 0 Å². The Balaban J connectivity index is 1.68. The smallest absolute Gasteiger partial charge is 0.271 e. The molecule has 148 valence electrons. The van der Waals surface area contributed by atoms with Crippen LogP contribution in [0.5, 0.6) is 11.5 Å². The van der Waals surface area contributed by atoms with Crippen molar-refractivity contribution < 1.29 is 14.3 Å². The fraction of sp³-hybridized carbons (Fsp3) is 0.0952. The zero-order valence-corrected chi connectivity index (χ0v) is 18.6. The van der Waals surface area contributed by atoms with Crippen molar-refractivity contribution in [1.82, 2.24) is 10.4 Å². The minimum atomic E-state index is -0.316. The molecule has 1 N–H and O–H groups in total. The third kappa shape index (κ3) is 5.88. The molecule has 2 aromatic carbocycles. The molecular weight excluding hydrogens is 502 g/mol. The van der Waals surface area contributed by atoms with E-state index in [1.165, 1.54) is 6.21 Å². The average Bonchev–Trinajstić information content (AvgIpc) is 2.74. The third-order valence-electron chi connectivity index (χ3n) is 3.87. The van der Waals surface area contributed by atoms with E-state index in [1.54, 1.807) is 37.7 Å². The Hall–Kier alpha value is -2.71. The van der Waals surface area contributed by atoms with Crippen LogP contribution in [0.1, 0.15) is 21.5 Å². The Morgan fingerprint density at radius 3 is 2.55 bits per heavy atom. The molecule has 0 aliphatic heterocycles. The predicted molar refractivity (Wildman–Crippen MR) is 118 cm³/mol. The molecule has 29 heavy (non-hydrogen) atoms. The lowest BCUT2D eigenvalue weighted by Crippen LogP contribution is -2.17. The molecule has 8 heteroatoms. The lowest BCUT2D eigenvalue weighted by Gasteiger charge is -2.13. The maximum Gasteiger partial charge on any atom is 0.271 e. The average molecular weight is 519 g/mol. The van der Waals surface area contributed by atoms with Crippen LogP contribution in [0.3, 0.4) is 0 Å². The van der Waals surface area contributed by atoms with Crippen molar-refractivity contribution in [3.8, 4) is 11.5 Å². The highest BCUT2D eigenvalue weighted by Crippen LogP contribution is 2.36.